The van der Waals surface area contributed by atoms with Gasteiger partial charge in [0.25, 0.3) is 5.91 Å². The van der Waals surface area contributed by atoms with Gasteiger partial charge in [0, 0.05) is 12.7 Å². The molecule has 1 aromatic carbocycles. The third-order valence-electron chi connectivity index (χ3n) is 3.92. The largest absolute Gasteiger partial charge is 0.416 e. The third kappa shape index (κ3) is 3.17. The van der Waals surface area contributed by atoms with Gasteiger partial charge in [-0.2, -0.15) is 13.2 Å². The van der Waals surface area contributed by atoms with Crippen molar-refractivity contribution in [2.24, 2.45) is 5.73 Å². The van der Waals surface area contributed by atoms with Gasteiger partial charge in [-0.1, -0.05) is 6.07 Å². The molecular formula is C16H13F3N4OS. The topological polar surface area (TPSA) is 74.2 Å². The van der Waals surface area contributed by atoms with E-state index >= 15 is 0 Å². The van der Waals surface area contributed by atoms with Crippen LogP contribution in [-0.2, 0) is 19.3 Å². The number of aromatic nitrogens is 1. The molecule has 0 spiro atoms. The standard InChI is InChI=1S/C16H13F3N4OS/c17-16(18,19)11-2-1-9(10(5-11)6-20)7-23-12-3-4-21-14(12)15(24)22-13(23)8-25/h1-5,21H,6-7,20H2,(H,22,24). The molecule has 4 N–H and O–H groups in total. The van der Waals surface area contributed by atoms with Crippen LogP contribution in [0, 0.1) is 0 Å². The van der Waals surface area contributed by atoms with Crippen LogP contribution < -0.4 is 16.0 Å². The van der Waals surface area contributed by atoms with Crippen LogP contribution in [0.3, 0.4) is 0 Å². The molecule has 3 rings (SSSR count). The number of H-pyrrole nitrogens is 1. The van der Waals surface area contributed by atoms with Crippen molar-refractivity contribution in [3.8, 4) is 0 Å². The van der Waals surface area contributed by atoms with Gasteiger partial charge in [0.2, 0.25) is 0 Å². The van der Waals surface area contributed by atoms with Crippen LogP contribution in [0.25, 0.3) is 0 Å². The fraction of sp³-hybridized carbons (Fsp3) is 0.188. The molecule has 9 heteroatoms. The van der Waals surface area contributed by atoms with Gasteiger partial charge in [-0.25, -0.2) is 0 Å². The van der Waals surface area contributed by atoms with Crippen LogP contribution in [0.4, 0.5) is 18.9 Å². The summed E-state index contributed by atoms with van der Waals surface area (Å²) in [7, 11) is 0. The lowest BCUT2D eigenvalue weighted by Gasteiger charge is -2.30. The highest BCUT2D eigenvalue weighted by Gasteiger charge is 2.32. The molecule has 0 atom stereocenters. The number of aromatic amines is 1. The van der Waals surface area contributed by atoms with Gasteiger partial charge in [0.15, 0.2) is 5.82 Å². The Morgan fingerprint density at radius 1 is 1.24 bits per heavy atom. The molecule has 0 saturated carbocycles. The lowest BCUT2D eigenvalue weighted by Crippen LogP contribution is -2.41. The summed E-state index contributed by atoms with van der Waals surface area (Å²) in [6, 6.07) is 5.12. The molecule has 5 nitrogen and oxygen atoms in total. The molecule has 2 heterocycles. The molecule has 2 aromatic rings. The number of halogens is 3. The zero-order chi connectivity index (χ0) is 18.2. The van der Waals surface area contributed by atoms with Crippen LogP contribution in [0.15, 0.2) is 36.3 Å². The number of benzene rings is 1. The number of carbonyl (C=O) groups is 1. The molecular weight excluding hydrogens is 353 g/mol. The zero-order valence-electron chi connectivity index (χ0n) is 12.8. The summed E-state index contributed by atoms with van der Waals surface area (Å²) in [5.74, 6) is -0.0926. The number of nitrogens with two attached hydrogens (primary N) is 1. The predicted molar refractivity (Wildman–Crippen MR) is 89.9 cm³/mol. The highest BCUT2D eigenvalue weighted by atomic mass is 32.1. The van der Waals surface area contributed by atoms with Gasteiger partial charge in [-0.15, -0.1) is 0 Å². The van der Waals surface area contributed by atoms with Crippen molar-refractivity contribution >= 4 is 28.8 Å². The molecule has 0 radical (unpaired) electrons. The number of rotatable bonds is 3. The first-order valence-electron chi connectivity index (χ1n) is 7.25. The maximum Gasteiger partial charge on any atom is 0.416 e. The monoisotopic (exact) mass is 366 g/mol. The third-order valence-corrected chi connectivity index (χ3v) is 4.12. The lowest BCUT2D eigenvalue weighted by molar-refractivity contribution is -0.137. The Labute approximate surface area is 146 Å². The minimum Gasteiger partial charge on any atom is -0.355 e. The fourth-order valence-electron chi connectivity index (χ4n) is 2.69. The number of anilines is 1. The van der Waals surface area contributed by atoms with Crippen molar-refractivity contribution in [2.75, 3.05) is 4.90 Å². The van der Waals surface area contributed by atoms with Crippen LogP contribution >= 0.6 is 12.2 Å². The second-order valence-corrected chi connectivity index (χ2v) is 5.62. The Bertz CT molecular complexity index is 884. The Morgan fingerprint density at radius 2 is 2.00 bits per heavy atom. The maximum absolute atomic E-state index is 12.9. The van der Waals surface area contributed by atoms with E-state index in [1.807, 2.05) is 0 Å². The first kappa shape index (κ1) is 17.2. The number of nitrogens with zero attached hydrogens (tertiary/aromatic N) is 1. The van der Waals surface area contributed by atoms with E-state index < -0.39 is 11.7 Å². The normalized spacial score (nSPS) is 14.2. The summed E-state index contributed by atoms with van der Waals surface area (Å²) in [6.07, 6.45) is -2.84. The number of thiocarbonyl (C=S) groups is 1. The molecule has 25 heavy (non-hydrogen) atoms. The first-order chi connectivity index (χ1) is 11.8. The maximum atomic E-state index is 12.9. The van der Waals surface area contributed by atoms with Crippen LogP contribution in [0.1, 0.15) is 27.2 Å². The SMILES string of the molecule is NCc1cc(C(F)(F)F)ccc1CN1C(=C=S)NC(=O)c2[nH]ccc21. The number of amides is 1. The minimum atomic E-state index is -4.44. The fourth-order valence-corrected chi connectivity index (χ4v) is 2.85. The molecule has 1 amide bonds. The molecule has 0 bridgehead atoms. The smallest absolute Gasteiger partial charge is 0.355 e. The number of carbonyl (C=O) groups excluding carboxylic acids is 1. The van der Waals surface area contributed by atoms with E-state index in [0.717, 1.165) is 12.1 Å². The average Bonchev–Trinajstić information content (AvgIpc) is 3.06. The predicted octanol–water partition coefficient (Wildman–Crippen LogP) is 2.68. The van der Waals surface area contributed by atoms with Crippen molar-refractivity contribution in [3.05, 3.63) is 58.7 Å². The van der Waals surface area contributed by atoms with Gasteiger partial charge in [-0.3, -0.25) is 10.1 Å². The molecule has 0 unspecified atom stereocenters. The van der Waals surface area contributed by atoms with Gasteiger partial charge < -0.3 is 15.6 Å². The molecule has 0 aliphatic carbocycles. The molecule has 1 aliphatic heterocycles. The highest BCUT2D eigenvalue weighted by Crippen LogP contribution is 2.32. The van der Waals surface area contributed by atoms with Crippen LogP contribution in [-0.4, -0.2) is 15.9 Å². The van der Waals surface area contributed by atoms with E-state index in [-0.39, 0.29) is 24.8 Å². The zero-order valence-corrected chi connectivity index (χ0v) is 13.6. The number of fused-ring (bicyclic) bond motifs is 1. The van der Waals surface area contributed by atoms with Gasteiger partial charge in [0.05, 0.1) is 17.8 Å². The minimum absolute atomic E-state index is 0.0456. The van der Waals surface area contributed by atoms with Crippen molar-refractivity contribution in [1.82, 2.24) is 10.3 Å². The second kappa shape index (κ2) is 6.36. The van der Waals surface area contributed by atoms with Crippen molar-refractivity contribution in [2.45, 2.75) is 19.3 Å². The summed E-state index contributed by atoms with van der Waals surface area (Å²) in [5.41, 5.74) is 6.75. The Kier molecular flexibility index (Phi) is 4.38. The molecule has 0 saturated heterocycles. The molecule has 1 aromatic heterocycles. The molecule has 0 fully saturated rings. The summed E-state index contributed by atoms with van der Waals surface area (Å²) < 4.78 is 38.6. The van der Waals surface area contributed by atoms with Crippen LogP contribution in [0.5, 0.6) is 0 Å². The quantitative estimate of drug-likeness (QED) is 0.731. The van der Waals surface area contributed by atoms with Crippen molar-refractivity contribution in [1.29, 1.82) is 0 Å². The highest BCUT2D eigenvalue weighted by molar-refractivity contribution is 7.78. The summed E-state index contributed by atoms with van der Waals surface area (Å²) >= 11 is 4.83. The van der Waals surface area contributed by atoms with E-state index in [9.17, 15) is 18.0 Å². The lowest BCUT2D eigenvalue weighted by atomic mass is 10.0. The van der Waals surface area contributed by atoms with E-state index in [0.29, 0.717) is 22.5 Å². The van der Waals surface area contributed by atoms with Crippen molar-refractivity contribution in [3.63, 3.8) is 0 Å². The van der Waals surface area contributed by atoms with E-state index in [1.165, 1.54) is 6.07 Å². The van der Waals surface area contributed by atoms with Gasteiger partial charge >= 0.3 is 6.18 Å². The number of hydrogen-bond acceptors (Lipinski definition) is 4. The summed E-state index contributed by atoms with van der Waals surface area (Å²) in [4.78, 5) is 16.5. The summed E-state index contributed by atoms with van der Waals surface area (Å²) in [5, 5.41) is 5.07. The number of alkyl halides is 3. The van der Waals surface area contributed by atoms with E-state index in [1.54, 1.807) is 17.2 Å². The summed E-state index contributed by atoms with van der Waals surface area (Å²) in [6.45, 7) is 0.144. The van der Waals surface area contributed by atoms with Crippen molar-refractivity contribution < 1.29 is 18.0 Å². The number of nitrogens with one attached hydrogen (secondary N) is 2. The van der Waals surface area contributed by atoms with Gasteiger partial charge in [-0.05, 0) is 46.6 Å². The first-order valence-corrected chi connectivity index (χ1v) is 7.66. The molecule has 130 valence electrons. The average molecular weight is 366 g/mol. The number of hydrogen-bond donors (Lipinski definition) is 3. The van der Waals surface area contributed by atoms with E-state index in [4.69, 9.17) is 18.0 Å². The van der Waals surface area contributed by atoms with E-state index in [2.05, 4.69) is 15.3 Å². The second-order valence-electron chi connectivity index (χ2n) is 5.41. The van der Waals surface area contributed by atoms with Gasteiger partial charge in [0.1, 0.15) is 5.69 Å². The Hall–Kier alpha value is -2.61. The Morgan fingerprint density at radius 3 is 2.64 bits per heavy atom. The molecule has 1 aliphatic rings. The van der Waals surface area contributed by atoms with Crippen LogP contribution in [0.2, 0.25) is 0 Å². The Balaban J connectivity index is 2.01.